The van der Waals surface area contributed by atoms with Gasteiger partial charge in [-0.3, -0.25) is 4.79 Å². The van der Waals surface area contributed by atoms with Crippen LogP contribution in [0.5, 0.6) is 0 Å². The maximum absolute atomic E-state index is 12.0. The molecule has 0 aliphatic rings. The normalized spacial score (nSPS) is 10.3. The molecule has 20 heavy (non-hydrogen) atoms. The van der Waals surface area contributed by atoms with Crippen molar-refractivity contribution in [1.29, 1.82) is 0 Å². The van der Waals surface area contributed by atoms with Crippen molar-refractivity contribution in [3.8, 4) is 0 Å². The monoisotopic (exact) mass is 269 g/mol. The summed E-state index contributed by atoms with van der Waals surface area (Å²) in [7, 11) is 0. The molecular weight excluding hydrogens is 250 g/mol. The van der Waals surface area contributed by atoms with E-state index in [1.807, 2.05) is 48.5 Å². The highest BCUT2D eigenvalue weighted by molar-refractivity contribution is 5.94. The highest BCUT2D eigenvalue weighted by Gasteiger charge is 2.04. The Kier molecular flexibility index (Phi) is 4.91. The molecule has 0 radical (unpaired) electrons. The number of hydrogen-bond donors (Lipinski definition) is 2. The molecule has 0 heterocycles. The Labute approximate surface area is 119 Å². The van der Waals surface area contributed by atoms with Gasteiger partial charge in [0.2, 0.25) is 0 Å². The fourth-order valence-electron chi connectivity index (χ4n) is 1.94. The van der Waals surface area contributed by atoms with E-state index in [0.717, 1.165) is 17.5 Å². The molecule has 3 nitrogen and oxygen atoms in total. The molecule has 0 aliphatic carbocycles. The molecule has 0 bridgehead atoms. The summed E-state index contributed by atoms with van der Waals surface area (Å²) in [5, 5.41) is 11.9. The summed E-state index contributed by atoms with van der Waals surface area (Å²) in [4.78, 5) is 12.0. The third-order valence-electron chi connectivity index (χ3n) is 3.28. The minimum Gasteiger partial charge on any atom is -0.392 e. The lowest BCUT2D eigenvalue weighted by Gasteiger charge is -2.06. The highest BCUT2D eigenvalue weighted by atomic mass is 16.3. The molecule has 0 fully saturated rings. The van der Waals surface area contributed by atoms with Gasteiger partial charge in [-0.15, -0.1) is 0 Å². The number of amides is 1. The molecule has 0 saturated carbocycles. The van der Waals surface area contributed by atoms with Crippen LogP contribution in [-0.2, 0) is 19.6 Å². The van der Waals surface area contributed by atoms with Gasteiger partial charge < -0.3 is 10.4 Å². The molecule has 3 heteroatoms. The van der Waals surface area contributed by atoms with Gasteiger partial charge >= 0.3 is 0 Å². The predicted molar refractivity (Wildman–Crippen MR) is 79.4 cm³/mol. The first kappa shape index (κ1) is 14.3. The minimum atomic E-state index is -0.0705. The van der Waals surface area contributed by atoms with Crippen LogP contribution in [0.2, 0.25) is 0 Å². The fourth-order valence-corrected chi connectivity index (χ4v) is 1.94. The Balaban J connectivity index is 1.93. The molecule has 0 aromatic heterocycles. The summed E-state index contributed by atoms with van der Waals surface area (Å²) in [6.45, 7) is 2.61. The van der Waals surface area contributed by atoms with Gasteiger partial charge in [-0.1, -0.05) is 43.3 Å². The summed E-state index contributed by atoms with van der Waals surface area (Å²) < 4.78 is 0. The molecule has 2 aromatic rings. The highest BCUT2D eigenvalue weighted by Crippen LogP contribution is 2.07. The maximum atomic E-state index is 12.0. The Morgan fingerprint density at radius 1 is 0.950 bits per heavy atom. The number of hydrogen-bond acceptors (Lipinski definition) is 2. The van der Waals surface area contributed by atoms with Gasteiger partial charge in [-0.05, 0) is 35.2 Å². The van der Waals surface area contributed by atoms with Crippen molar-refractivity contribution >= 4 is 5.91 Å². The first-order chi connectivity index (χ1) is 9.72. The van der Waals surface area contributed by atoms with Crippen molar-refractivity contribution in [3.63, 3.8) is 0 Å². The van der Waals surface area contributed by atoms with Crippen molar-refractivity contribution in [1.82, 2.24) is 5.32 Å². The molecule has 1 amide bonds. The molecule has 104 valence electrons. The molecule has 0 unspecified atom stereocenters. The third-order valence-corrected chi connectivity index (χ3v) is 3.28. The van der Waals surface area contributed by atoms with Crippen LogP contribution in [0.1, 0.15) is 34.0 Å². The average molecular weight is 269 g/mol. The molecule has 0 atom stereocenters. The molecule has 2 N–H and O–H groups in total. The lowest BCUT2D eigenvalue weighted by Crippen LogP contribution is -2.22. The maximum Gasteiger partial charge on any atom is 0.251 e. The van der Waals surface area contributed by atoms with Gasteiger partial charge in [0.25, 0.3) is 5.91 Å². The zero-order valence-electron chi connectivity index (χ0n) is 11.6. The number of benzene rings is 2. The summed E-state index contributed by atoms with van der Waals surface area (Å²) in [5.41, 5.74) is 3.78. The number of aryl methyl sites for hydroxylation is 1. The van der Waals surface area contributed by atoms with Gasteiger partial charge in [0.05, 0.1) is 6.61 Å². The van der Waals surface area contributed by atoms with E-state index in [9.17, 15) is 4.79 Å². The second-order valence-electron chi connectivity index (χ2n) is 4.71. The molecule has 0 aliphatic heterocycles. The van der Waals surface area contributed by atoms with Crippen LogP contribution in [0.15, 0.2) is 48.5 Å². The smallest absolute Gasteiger partial charge is 0.251 e. The first-order valence-corrected chi connectivity index (χ1v) is 6.78. The Morgan fingerprint density at radius 3 is 2.05 bits per heavy atom. The van der Waals surface area contributed by atoms with Crippen molar-refractivity contribution in [2.75, 3.05) is 0 Å². The van der Waals surface area contributed by atoms with Crippen LogP contribution in [0.3, 0.4) is 0 Å². The van der Waals surface area contributed by atoms with Gasteiger partial charge in [-0.25, -0.2) is 0 Å². The van der Waals surface area contributed by atoms with Crippen molar-refractivity contribution in [2.24, 2.45) is 0 Å². The number of carbonyl (C=O) groups is 1. The van der Waals surface area contributed by atoms with Gasteiger partial charge in [-0.2, -0.15) is 0 Å². The second-order valence-corrected chi connectivity index (χ2v) is 4.71. The SMILES string of the molecule is CCc1ccc(C(=O)NCc2ccc(CO)cc2)cc1. The average Bonchev–Trinajstić information content (AvgIpc) is 2.53. The van der Waals surface area contributed by atoms with Crippen molar-refractivity contribution in [2.45, 2.75) is 26.5 Å². The van der Waals surface area contributed by atoms with Crippen LogP contribution < -0.4 is 5.32 Å². The summed E-state index contributed by atoms with van der Waals surface area (Å²) in [6.07, 6.45) is 0.971. The van der Waals surface area contributed by atoms with Crippen LogP contribution in [0.25, 0.3) is 0 Å². The minimum absolute atomic E-state index is 0.0381. The van der Waals surface area contributed by atoms with E-state index < -0.39 is 0 Å². The Bertz CT molecular complexity index is 559. The number of aliphatic hydroxyl groups is 1. The lowest BCUT2D eigenvalue weighted by molar-refractivity contribution is 0.0951. The van der Waals surface area contributed by atoms with Crippen molar-refractivity contribution in [3.05, 3.63) is 70.8 Å². The number of carbonyl (C=O) groups excluding carboxylic acids is 1. The van der Waals surface area contributed by atoms with Crippen LogP contribution >= 0.6 is 0 Å². The fraction of sp³-hybridized carbons (Fsp3) is 0.235. The molecule has 0 spiro atoms. The van der Waals surface area contributed by atoms with E-state index >= 15 is 0 Å². The molecule has 0 saturated heterocycles. The molecule has 2 rings (SSSR count). The van der Waals surface area contributed by atoms with Gasteiger partial charge in [0.15, 0.2) is 0 Å². The number of nitrogens with one attached hydrogen (secondary N) is 1. The first-order valence-electron chi connectivity index (χ1n) is 6.78. The Hall–Kier alpha value is -2.13. The summed E-state index contributed by atoms with van der Waals surface area (Å²) in [6, 6.07) is 15.2. The van der Waals surface area contributed by atoms with Crippen LogP contribution in [-0.4, -0.2) is 11.0 Å². The summed E-state index contributed by atoms with van der Waals surface area (Å²) in [5.74, 6) is -0.0705. The van der Waals surface area contributed by atoms with E-state index in [1.165, 1.54) is 5.56 Å². The Morgan fingerprint density at radius 2 is 1.50 bits per heavy atom. The zero-order valence-corrected chi connectivity index (χ0v) is 11.6. The predicted octanol–water partition coefficient (Wildman–Crippen LogP) is 2.67. The van der Waals surface area contributed by atoms with E-state index in [2.05, 4.69) is 12.2 Å². The van der Waals surface area contributed by atoms with Gasteiger partial charge in [0.1, 0.15) is 0 Å². The quantitative estimate of drug-likeness (QED) is 0.876. The standard InChI is InChI=1S/C17H19NO2/c1-2-13-7-9-16(10-8-13)17(20)18-11-14-3-5-15(12-19)6-4-14/h3-10,19H,2,11-12H2,1H3,(H,18,20). The van der Waals surface area contributed by atoms with Crippen LogP contribution in [0.4, 0.5) is 0 Å². The lowest BCUT2D eigenvalue weighted by atomic mass is 10.1. The number of aliphatic hydroxyl groups excluding tert-OH is 1. The zero-order chi connectivity index (χ0) is 14.4. The van der Waals surface area contributed by atoms with Crippen molar-refractivity contribution < 1.29 is 9.90 Å². The largest absolute Gasteiger partial charge is 0.392 e. The van der Waals surface area contributed by atoms with E-state index in [-0.39, 0.29) is 12.5 Å². The van der Waals surface area contributed by atoms with E-state index in [4.69, 9.17) is 5.11 Å². The topological polar surface area (TPSA) is 49.3 Å². The van der Waals surface area contributed by atoms with E-state index in [1.54, 1.807) is 0 Å². The van der Waals surface area contributed by atoms with Gasteiger partial charge in [0, 0.05) is 12.1 Å². The van der Waals surface area contributed by atoms with E-state index in [0.29, 0.717) is 12.1 Å². The third kappa shape index (κ3) is 3.68. The number of rotatable bonds is 5. The second kappa shape index (κ2) is 6.87. The molecule has 2 aromatic carbocycles. The summed E-state index contributed by atoms with van der Waals surface area (Å²) >= 11 is 0. The van der Waals surface area contributed by atoms with Crippen LogP contribution in [0, 0.1) is 0 Å². The molecular formula is C17H19NO2.